The zero-order chi connectivity index (χ0) is 85.2. The lowest BCUT2D eigenvalue weighted by molar-refractivity contribution is 0.0786. The molecule has 29 heteroatoms. The van der Waals surface area contributed by atoms with E-state index in [-0.39, 0.29) is 59.4 Å². The second-order valence-electron chi connectivity index (χ2n) is 33.4. The van der Waals surface area contributed by atoms with Gasteiger partial charge in [0.1, 0.15) is 54.4 Å². The number of hydrogen-bond acceptors (Lipinski definition) is 24. The topological polar surface area (TPSA) is 256 Å². The van der Waals surface area contributed by atoms with E-state index in [1.54, 1.807) is 31.4 Å². The molecule has 6 unspecified atom stereocenters. The maximum atomic E-state index is 14.2. The maximum Gasteiger partial charge on any atom is 0.142 e. The summed E-state index contributed by atoms with van der Waals surface area (Å²) >= 11 is 24.0. The number of nitrogens with one attached hydrogen (secondary N) is 1. The summed E-state index contributed by atoms with van der Waals surface area (Å²) in [6.07, 6.45) is 8.87. The van der Waals surface area contributed by atoms with E-state index < -0.39 is 11.4 Å². The minimum Gasteiger partial charge on any atom is -0.371 e. The van der Waals surface area contributed by atoms with Gasteiger partial charge in [0, 0.05) is 206 Å². The first-order chi connectivity index (χ1) is 57.5. The summed E-state index contributed by atoms with van der Waals surface area (Å²) in [7, 11) is 0. The van der Waals surface area contributed by atoms with E-state index in [0.717, 1.165) is 229 Å². The highest BCUT2D eigenvalue weighted by molar-refractivity contribution is 6.31. The number of rotatable bonds is 23. The van der Waals surface area contributed by atoms with Crippen LogP contribution in [-0.2, 0) is 58.2 Å². The molecule has 0 spiro atoms. The summed E-state index contributed by atoms with van der Waals surface area (Å²) in [5.41, 5.74) is 35.9. The SMILES string of the molecule is C=C(C(CC(C)(C)N)c1ccc(Cl)c(F)c1)N1CCN(c2ncnc3c2C(C)OC3)CC1.C=C(C(CNC(C)C)c1ccc(Cl)cc1)N1CCN(c2ncnc3c2C(C)OC3)CC1.C=C([C@H](N)Cc1ccc(Cl)cc1)N1CCN(c2ncnc3c2C(C)OC3)CC1.C=C([C@H](N)Cc1ccc(Cl)cc1)N1CCN(c2ncnc3c2C(C)OC3)[C@@H](C)C1. The zero-order valence-electron chi connectivity index (χ0n) is 70.7. The Labute approximate surface area is 727 Å². The van der Waals surface area contributed by atoms with Crippen LogP contribution < -0.4 is 42.1 Å². The number of ether oxygens (including phenoxy) is 4. The van der Waals surface area contributed by atoms with E-state index in [1.807, 2.05) is 87.5 Å². The van der Waals surface area contributed by atoms with Gasteiger partial charge in [-0.3, -0.25) is 0 Å². The molecule has 4 aromatic carbocycles. The second-order valence-corrected chi connectivity index (χ2v) is 35.1. The van der Waals surface area contributed by atoms with Crippen molar-refractivity contribution in [1.82, 2.24) is 64.8 Å². The normalized spacial score (nSPS) is 20.5. The Morgan fingerprint density at radius 2 is 0.800 bits per heavy atom. The highest BCUT2D eigenvalue weighted by Gasteiger charge is 2.38. The standard InChI is InChI=1S/C24H31ClFN5O.C24H32ClN5O.C22H28ClN5O.C21H26ClN5O/c1-15(18(12-24(3,4)27)17-5-6-19(25)20(26)11-17)30-7-9-31(10-8-30)23-22-16(2)32-13-21(22)28-14-29-23;1-16(2)26-13-21(19-5-7-20(25)8-6-19)17(3)29-9-11-30(12-10-29)24-23-18(4)31-14-22(23)27-15-28-24;1-14-11-27(15(2)19(24)10-17-4-6-18(23)7-5-17)8-9-28(14)22-21-16(3)29-12-20(21)25-13-26-22;1-14(18(23)11-16-3-5-17(22)6-4-16)26-7-9-27(10-8-26)21-20-15(2)28-12-19(20)24-13-25-21/h5-6,11,14,16,18H,1,7-10,12-13,27H2,2-4H3;5-8,15-16,18,21,26H,3,9-14H2,1-2,4H3;4-7,13-14,16,19H,2,8-12,24H2,1,3H3;3-6,13,15,18H,1,7-12,23H2,2H3/t;;14-,16?,19+;15?,18-/m..01/s1. The molecule has 8 aliphatic rings. The van der Waals surface area contributed by atoms with Gasteiger partial charge in [-0.1, -0.05) is 129 Å². The molecule has 640 valence electrons. The largest absolute Gasteiger partial charge is 0.371 e. The van der Waals surface area contributed by atoms with Gasteiger partial charge in [0.15, 0.2) is 0 Å². The summed E-state index contributed by atoms with van der Waals surface area (Å²) in [6, 6.07) is 29.3. The van der Waals surface area contributed by atoms with Gasteiger partial charge in [0.2, 0.25) is 0 Å². The molecule has 0 aliphatic carbocycles. The highest BCUT2D eigenvalue weighted by Crippen LogP contribution is 2.42. The summed E-state index contributed by atoms with van der Waals surface area (Å²) in [4.78, 5) is 54.5. The lowest BCUT2D eigenvalue weighted by Gasteiger charge is -2.43. The molecular weight excluding hydrogens is 1600 g/mol. The molecule has 0 saturated carbocycles. The van der Waals surface area contributed by atoms with Crippen LogP contribution >= 0.6 is 46.4 Å². The van der Waals surface area contributed by atoms with Crippen LogP contribution in [0.5, 0.6) is 0 Å². The molecule has 4 saturated heterocycles. The van der Waals surface area contributed by atoms with Crippen LogP contribution in [0.3, 0.4) is 0 Å². The summed E-state index contributed by atoms with van der Waals surface area (Å²) in [6.45, 7) is 52.3. The third-order valence-corrected chi connectivity index (χ3v) is 25.1. The molecule has 8 aromatic rings. The Balaban J connectivity index is 0.000000138. The average Bonchev–Trinajstić information content (AvgIpc) is 1.79. The molecule has 16 rings (SSSR count). The summed E-state index contributed by atoms with van der Waals surface area (Å²) in [5.74, 6) is 3.69. The number of allylic oxidation sites excluding steroid dienone is 1. The number of aromatic nitrogens is 8. The lowest BCUT2D eigenvalue weighted by Crippen LogP contribution is -2.54. The van der Waals surface area contributed by atoms with Crippen LogP contribution in [0.4, 0.5) is 27.7 Å². The van der Waals surface area contributed by atoms with Gasteiger partial charge in [-0.15, -0.1) is 0 Å². The Hall–Kier alpha value is -8.67. The number of nitrogens with zero attached hydrogens (tertiary/aromatic N) is 16. The van der Waals surface area contributed by atoms with Crippen molar-refractivity contribution in [3.63, 3.8) is 0 Å². The molecule has 4 fully saturated rings. The number of benzene rings is 4. The monoisotopic (exact) mass is 1710 g/mol. The Bertz CT molecular complexity index is 4850. The van der Waals surface area contributed by atoms with E-state index >= 15 is 0 Å². The predicted molar refractivity (Wildman–Crippen MR) is 478 cm³/mol. The third-order valence-electron chi connectivity index (χ3n) is 24.0. The van der Waals surface area contributed by atoms with Gasteiger partial charge >= 0.3 is 0 Å². The average molecular weight is 1720 g/mol. The van der Waals surface area contributed by atoms with E-state index in [2.05, 4.69) is 164 Å². The minimum atomic E-state index is -0.427. The van der Waals surface area contributed by atoms with Crippen molar-refractivity contribution in [3.8, 4) is 0 Å². The predicted octanol–water partition coefficient (Wildman–Crippen LogP) is 14.8. The third kappa shape index (κ3) is 21.7. The number of anilines is 4. The first-order valence-electron chi connectivity index (χ1n) is 41.8. The lowest BCUT2D eigenvalue weighted by atomic mass is 9.84. The molecular formula is C91H117Cl4FN20O4. The fourth-order valence-electron chi connectivity index (χ4n) is 17.1. The number of piperazine rings is 4. The Kier molecular flexibility index (Phi) is 29.8. The van der Waals surface area contributed by atoms with Crippen molar-refractivity contribution < 1.29 is 23.3 Å². The number of halogens is 5. The van der Waals surface area contributed by atoms with Crippen molar-refractivity contribution in [1.29, 1.82) is 0 Å². The van der Waals surface area contributed by atoms with Gasteiger partial charge in [-0.25, -0.2) is 44.3 Å². The Morgan fingerprint density at radius 3 is 1.18 bits per heavy atom. The van der Waals surface area contributed by atoms with Crippen LogP contribution in [0.15, 0.2) is 165 Å². The molecule has 0 radical (unpaired) electrons. The van der Waals surface area contributed by atoms with Gasteiger partial charge < -0.3 is 80.7 Å². The fourth-order valence-corrected chi connectivity index (χ4v) is 17.6. The molecule has 0 bridgehead atoms. The summed E-state index contributed by atoms with van der Waals surface area (Å²) in [5, 5.41) is 5.94. The van der Waals surface area contributed by atoms with Crippen molar-refractivity contribution >= 4 is 69.7 Å². The van der Waals surface area contributed by atoms with Crippen LogP contribution in [0.2, 0.25) is 20.1 Å². The van der Waals surface area contributed by atoms with Crippen molar-refractivity contribution in [2.75, 3.05) is 124 Å². The van der Waals surface area contributed by atoms with E-state index in [9.17, 15) is 4.39 Å². The first kappa shape index (κ1) is 89.1. The van der Waals surface area contributed by atoms with Gasteiger partial charge in [-0.2, -0.15) is 0 Å². The molecule has 8 aliphatic heterocycles. The van der Waals surface area contributed by atoms with Crippen LogP contribution in [-0.4, -0.2) is 194 Å². The Morgan fingerprint density at radius 1 is 0.458 bits per heavy atom. The van der Waals surface area contributed by atoms with Crippen molar-refractivity contribution in [2.45, 2.75) is 174 Å². The van der Waals surface area contributed by atoms with Crippen molar-refractivity contribution in [2.24, 2.45) is 17.2 Å². The quantitative estimate of drug-likeness (QED) is 0.0464. The minimum absolute atomic E-state index is 0.00478. The second kappa shape index (κ2) is 40.1. The first-order valence-corrected chi connectivity index (χ1v) is 43.4. The number of nitrogens with two attached hydrogens (primary N) is 3. The molecule has 9 atom stereocenters. The van der Waals surface area contributed by atoms with Crippen LogP contribution in [0.1, 0.15) is 172 Å². The van der Waals surface area contributed by atoms with Gasteiger partial charge in [-0.05, 0) is 139 Å². The highest BCUT2D eigenvalue weighted by atomic mass is 35.5. The number of fused-ring (bicyclic) bond motifs is 4. The van der Waals surface area contributed by atoms with E-state index in [4.69, 9.17) is 82.6 Å². The summed E-state index contributed by atoms with van der Waals surface area (Å²) < 4.78 is 37.3. The molecule has 7 N–H and O–H groups in total. The molecule has 120 heavy (non-hydrogen) atoms. The van der Waals surface area contributed by atoms with Gasteiger partial charge in [0.25, 0.3) is 0 Å². The van der Waals surface area contributed by atoms with Crippen LogP contribution in [0.25, 0.3) is 0 Å². The number of hydrogen-bond donors (Lipinski definition) is 4. The molecule has 0 amide bonds. The maximum absolute atomic E-state index is 14.2. The van der Waals surface area contributed by atoms with Gasteiger partial charge in [0.05, 0.1) is 78.6 Å². The van der Waals surface area contributed by atoms with E-state index in [0.29, 0.717) is 38.9 Å². The molecule has 24 nitrogen and oxygen atoms in total. The van der Waals surface area contributed by atoms with E-state index in [1.165, 1.54) is 22.8 Å². The fraction of sp³-hybridized carbons (Fsp3) is 0.473. The zero-order valence-corrected chi connectivity index (χ0v) is 73.8. The molecule has 12 heterocycles. The smallest absolute Gasteiger partial charge is 0.142 e. The molecule has 4 aromatic heterocycles. The van der Waals surface area contributed by atoms with Crippen LogP contribution in [0, 0.1) is 5.82 Å². The van der Waals surface area contributed by atoms with Crippen molar-refractivity contribution in [3.05, 3.63) is 259 Å².